The Morgan fingerprint density at radius 2 is 1.70 bits per heavy atom. The number of nitrogens with one attached hydrogen (secondary N) is 2. The molecule has 3 aliphatic rings. The number of likely N-dealkylation sites (tertiary alicyclic amines) is 1. The van der Waals surface area contributed by atoms with Crippen LogP contribution < -0.4 is 15.4 Å². The molecular formula is C31H33N3O5S. The van der Waals surface area contributed by atoms with Gasteiger partial charge in [-0.2, -0.15) is 0 Å². The van der Waals surface area contributed by atoms with Gasteiger partial charge in [0, 0.05) is 22.7 Å². The molecule has 40 heavy (non-hydrogen) atoms. The summed E-state index contributed by atoms with van der Waals surface area (Å²) in [5.74, 6) is -1.30. The van der Waals surface area contributed by atoms with E-state index in [1.165, 1.54) is 4.90 Å². The van der Waals surface area contributed by atoms with E-state index in [0.717, 1.165) is 17.2 Å². The van der Waals surface area contributed by atoms with E-state index in [4.69, 9.17) is 4.74 Å². The van der Waals surface area contributed by atoms with Gasteiger partial charge in [-0.1, -0.05) is 30.3 Å². The first-order chi connectivity index (χ1) is 19.3. The number of benzene rings is 3. The van der Waals surface area contributed by atoms with E-state index in [1.54, 1.807) is 36.0 Å². The second-order valence-corrected chi connectivity index (χ2v) is 12.9. The third kappa shape index (κ3) is 4.23. The molecule has 2 bridgehead atoms. The Labute approximate surface area is 237 Å². The zero-order valence-electron chi connectivity index (χ0n) is 22.6. The molecule has 208 valence electrons. The first-order valence-electron chi connectivity index (χ1n) is 13.7. The normalized spacial score (nSPS) is 28.5. The number of hydrogen-bond donors (Lipinski definition) is 3. The van der Waals surface area contributed by atoms with Crippen LogP contribution in [0.1, 0.15) is 26.7 Å². The summed E-state index contributed by atoms with van der Waals surface area (Å²) in [6.07, 6.45) is 1.37. The van der Waals surface area contributed by atoms with Crippen LogP contribution in [-0.2, 0) is 14.4 Å². The predicted molar refractivity (Wildman–Crippen MR) is 156 cm³/mol. The molecule has 3 aromatic carbocycles. The topological polar surface area (TPSA) is 108 Å². The van der Waals surface area contributed by atoms with Crippen molar-refractivity contribution in [1.29, 1.82) is 0 Å². The fourth-order valence-electron chi connectivity index (χ4n) is 6.97. The van der Waals surface area contributed by atoms with E-state index in [-0.39, 0.29) is 30.9 Å². The molecule has 0 aliphatic carbocycles. The fourth-order valence-corrected chi connectivity index (χ4v) is 9.33. The number of β-amino-alcohol motifs (C(OH)–C–C–N with tert-alkyl or cyclic N) is 1. The standard InChI is InChI=1S/C31H33N3O5S/c1-3-39-23-12-10-21(11-13-23)32-27(36)24-25-29(38)34(16-17-35)26(31(25)15-14-30(24,2)40-31)28(37)33-22-9-8-19-6-4-5-7-20(19)18-22/h4-13,18,24-26,35H,3,14-17H2,1-2H3,(H,32,36)(H,33,37)/t24-,25+,26?,30+,31?/m1/s1. The Balaban J connectivity index is 1.29. The molecule has 3 aliphatic heterocycles. The molecule has 9 heteroatoms. The van der Waals surface area contributed by atoms with Crippen molar-refractivity contribution in [3.63, 3.8) is 0 Å². The van der Waals surface area contributed by atoms with Crippen LogP contribution in [-0.4, -0.2) is 63.0 Å². The highest BCUT2D eigenvalue weighted by molar-refractivity contribution is 8.02. The van der Waals surface area contributed by atoms with E-state index in [2.05, 4.69) is 10.6 Å². The van der Waals surface area contributed by atoms with Gasteiger partial charge >= 0.3 is 0 Å². The molecule has 2 unspecified atom stereocenters. The maximum Gasteiger partial charge on any atom is 0.248 e. The molecule has 5 atom stereocenters. The molecule has 3 heterocycles. The first-order valence-corrected chi connectivity index (χ1v) is 14.6. The van der Waals surface area contributed by atoms with E-state index >= 15 is 0 Å². The number of rotatable bonds is 8. The Bertz CT molecular complexity index is 1480. The molecule has 3 N–H and O–H groups in total. The zero-order chi connectivity index (χ0) is 28.1. The van der Waals surface area contributed by atoms with Crippen molar-refractivity contribution in [3.8, 4) is 5.75 Å². The number of thioether (sulfide) groups is 1. The molecule has 0 aromatic heterocycles. The van der Waals surface area contributed by atoms with Crippen molar-refractivity contribution in [2.24, 2.45) is 11.8 Å². The minimum Gasteiger partial charge on any atom is -0.494 e. The van der Waals surface area contributed by atoms with Gasteiger partial charge in [0.2, 0.25) is 17.7 Å². The van der Waals surface area contributed by atoms with Gasteiger partial charge in [-0.25, -0.2) is 0 Å². The average Bonchev–Trinajstić information content (AvgIpc) is 3.51. The lowest BCUT2D eigenvalue weighted by Gasteiger charge is -2.34. The highest BCUT2D eigenvalue weighted by Gasteiger charge is 2.77. The van der Waals surface area contributed by atoms with Gasteiger partial charge < -0.3 is 25.4 Å². The quantitative estimate of drug-likeness (QED) is 0.380. The number of aliphatic hydroxyl groups excluding tert-OH is 1. The minimum absolute atomic E-state index is 0.0391. The van der Waals surface area contributed by atoms with Crippen molar-refractivity contribution in [3.05, 3.63) is 66.7 Å². The summed E-state index contributed by atoms with van der Waals surface area (Å²) in [6, 6.07) is 20.0. The van der Waals surface area contributed by atoms with E-state index in [0.29, 0.717) is 30.2 Å². The van der Waals surface area contributed by atoms with E-state index in [9.17, 15) is 19.5 Å². The summed E-state index contributed by atoms with van der Waals surface area (Å²) in [7, 11) is 0. The third-order valence-electron chi connectivity index (χ3n) is 8.60. The lowest BCUT2D eigenvalue weighted by Crippen LogP contribution is -2.52. The molecular weight excluding hydrogens is 526 g/mol. The second kappa shape index (κ2) is 10.1. The van der Waals surface area contributed by atoms with Crippen LogP contribution in [0.15, 0.2) is 66.7 Å². The van der Waals surface area contributed by atoms with E-state index in [1.807, 2.05) is 56.3 Å². The van der Waals surface area contributed by atoms with Gasteiger partial charge in [0.25, 0.3) is 0 Å². The van der Waals surface area contributed by atoms with Gasteiger partial charge in [-0.3, -0.25) is 14.4 Å². The summed E-state index contributed by atoms with van der Waals surface area (Å²) in [5.41, 5.74) is 1.27. The van der Waals surface area contributed by atoms with Crippen LogP contribution in [0.25, 0.3) is 10.8 Å². The Kier molecular flexibility index (Phi) is 6.74. The SMILES string of the molecule is CCOc1ccc(NC(=O)[C@H]2[C@H]3C(=O)N(CCO)C(C(=O)Nc4ccc5ccccc5c4)C34CC[C@]2(C)S4)cc1. The first kappa shape index (κ1) is 26.7. The van der Waals surface area contributed by atoms with Crippen LogP contribution in [0.2, 0.25) is 0 Å². The molecule has 0 saturated carbocycles. The molecule has 3 amide bonds. The smallest absolute Gasteiger partial charge is 0.248 e. The van der Waals surface area contributed by atoms with Crippen LogP contribution in [0.3, 0.4) is 0 Å². The fraction of sp³-hybridized carbons (Fsp3) is 0.387. The summed E-state index contributed by atoms with van der Waals surface area (Å²) in [4.78, 5) is 43.2. The molecule has 6 rings (SSSR count). The van der Waals surface area contributed by atoms with Crippen molar-refractivity contribution in [2.45, 2.75) is 42.2 Å². The Morgan fingerprint density at radius 3 is 2.42 bits per heavy atom. The minimum atomic E-state index is -0.793. The van der Waals surface area contributed by atoms with Gasteiger partial charge in [0.15, 0.2) is 0 Å². The number of amides is 3. The number of nitrogens with zero attached hydrogens (tertiary/aromatic N) is 1. The highest BCUT2D eigenvalue weighted by atomic mass is 32.2. The number of ether oxygens (including phenoxy) is 1. The number of fused-ring (bicyclic) bond motifs is 2. The number of hydrogen-bond acceptors (Lipinski definition) is 6. The van der Waals surface area contributed by atoms with Crippen LogP contribution >= 0.6 is 11.8 Å². The average molecular weight is 560 g/mol. The lowest BCUT2D eigenvalue weighted by molar-refractivity contribution is -0.139. The zero-order valence-corrected chi connectivity index (χ0v) is 23.4. The van der Waals surface area contributed by atoms with Crippen LogP contribution in [0.5, 0.6) is 5.75 Å². The number of carbonyl (C=O) groups is 3. The maximum absolute atomic E-state index is 14.0. The van der Waals surface area contributed by atoms with Gasteiger partial charge in [-0.15, -0.1) is 11.8 Å². The third-order valence-corrected chi connectivity index (χ3v) is 10.6. The lowest BCUT2D eigenvalue weighted by atomic mass is 9.66. The largest absolute Gasteiger partial charge is 0.494 e. The van der Waals surface area contributed by atoms with Crippen LogP contribution in [0.4, 0.5) is 11.4 Å². The molecule has 3 fully saturated rings. The van der Waals surface area contributed by atoms with Crippen molar-refractivity contribution < 1.29 is 24.2 Å². The second-order valence-electron chi connectivity index (χ2n) is 11.0. The van der Waals surface area contributed by atoms with Crippen LogP contribution in [0, 0.1) is 11.8 Å². The molecule has 1 spiro atoms. The maximum atomic E-state index is 14.0. The summed E-state index contributed by atoms with van der Waals surface area (Å²) in [5, 5.41) is 18.0. The monoisotopic (exact) mass is 559 g/mol. The Morgan fingerprint density at radius 1 is 1.00 bits per heavy atom. The van der Waals surface area contributed by atoms with Gasteiger partial charge in [0.05, 0.1) is 29.8 Å². The van der Waals surface area contributed by atoms with E-state index < -0.39 is 27.4 Å². The molecule has 0 radical (unpaired) electrons. The summed E-state index contributed by atoms with van der Waals surface area (Å²) in [6.45, 7) is 4.27. The Hall–Kier alpha value is -3.56. The molecule has 3 aromatic rings. The van der Waals surface area contributed by atoms with Gasteiger partial charge in [0.1, 0.15) is 11.8 Å². The van der Waals surface area contributed by atoms with Crippen molar-refractivity contribution in [2.75, 3.05) is 30.4 Å². The van der Waals surface area contributed by atoms with Crippen molar-refractivity contribution in [1.82, 2.24) is 4.90 Å². The molecule has 3 saturated heterocycles. The van der Waals surface area contributed by atoms with Crippen molar-refractivity contribution >= 4 is 51.6 Å². The summed E-state index contributed by atoms with van der Waals surface area (Å²) < 4.78 is 4.27. The number of anilines is 2. The van der Waals surface area contributed by atoms with Gasteiger partial charge in [-0.05, 0) is 73.9 Å². The number of carbonyl (C=O) groups excluding carboxylic acids is 3. The highest BCUT2D eigenvalue weighted by Crippen LogP contribution is 2.71. The summed E-state index contributed by atoms with van der Waals surface area (Å²) >= 11 is 1.61. The number of aliphatic hydroxyl groups is 1. The molecule has 8 nitrogen and oxygen atoms in total. The predicted octanol–water partition coefficient (Wildman–Crippen LogP) is 4.29.